The summed E-state index contributed by atoms with van der Waals surface area (Å²) in [6, 6.07) is 8.85. The van der Waals surface area contributed by atoms with Gasteiger partial charge in [-0.2, -0.15) is 18.3 Å². The smallest absolute Gasteiger partial charge is 0.268 e. The van der Waals surface area contributed by atoms with Gasteiger partial charge in [0.2, 0.25) is 0 Å². The molecule has 6 nitrogen and oxygen atoms in total. The molecular formula is C17H9F3N4O2. The summed E-state index contributed by atoms with van der Waals surface area (Å²) in [5.41, 5.74) is -0.784. The van der Waals surface area contributed by atoms with Gasteiger partial charge in [0.25, 0.3) is 11.8 Å². The van der Waals surface area contributed by atoms with Crippen molar-refractivity contribution in [2.24, 2.45) is 0 Å². The molecule has 26 heavy (non-hydrogen) atoms. The van der Waals surface area contributed by atoms with Crippen LogP contribution in [0.5, 0.6) is 0 Å². The Morgan fingerprint density at radius 2 is 1.54 bits per heavy atom. The summed E-state index contributed by atoms with van der Waals surface area (Å²) in [6.07, 6.45) is -2.16. The minimum Gasteiger partial charge on any atom is -0.268 e. The number of halogens is 3. The van der Waals surface area contributed by atoms with Gasteiger partial charge in [0, 0.05) is 0 Å². The predicted octanol–water partition coefficient (Wildman–Crippen LogP) is 3.09. The van der Waals surface area contributed by atoms with Crippen molar-refractivity contribution in [1.82, 2.24) is 14.8 Å². The lowest BCUT2D eigenvalue weighted by atomic mass is 10.1. The summed E-state index contributed by atoms with van der Waals surface area (Å²) in [5.74, 6) is -1.38. The van der Waals surface area contributed by atoms with Gasteiger partial charge in [-0.25, -0.2) is 14.6 Å². The summed E-state index contributed by atoms with van der Waals surface area (Å²) in [6.45, 7) is 0. The number of rotatable bonds is 2. The molecule has 0 spiro atoms. The molecule has 9 heteroatoms. The molecule has 3 aromatic rings. The maximum Gasteiger partial charge on any atom is 0.416 e. The molecule has 0 radical (unpaired) electrons. The van der Waals surface area contributed by atoms with Crippen LogP contribution >= 0.6 is 0 Å². The van der Waals surface area contributed by atoms with E-state index >= 15 is 0 Å². The Morgan fingerprint density at radius 1 is 0.885 bits per heavy atom. The third-order valence-electron chi connectivity index (χ3n) is 4.00. The van der Waals surface area contributed by atoms with Crippen LogP contribution in [0.1, 0.15) is 26.3 Å². The van der Waals surface area contributed by atoms with Crippen LogP contribution in [-0.4, -0.2) is 26.6 Å². The number of hydrogen-bond acceptors (Lipinski definition) is 4. The van der Waals surface area contributed by atoms with Crippen LogP contribution in [-0.2, 0) is 6.18 Å². The molecule has 1 aliphatic heterocycles. The molecule has 0 saturated heterocycles. The normalized spacial score (nSPS) is 14.0. The SMILES string of the molecule is O=C1c2ccccc2C(=O)N1c1cc(C(F)(F)F)ccc1-n1cncn1. The van der Waals surface area contributed by atoms with E-state index in [4.69, 9.17) is 0 Å². The lowest BCUT2D eigenvalue weighted by Crippen LogP contribution is -2.31. The fourth-order valence-corrected chi connectivity index (χ4v) is 2.81. The number of alkyl halides is 3. The molecule has 2 amide bonds. The van der Waals surface area contributed by atoms with Gasteiger partial charge in [0.05, 0.1) is 28.1 Å². The van der Waals surface area contributed by atoms with Crippen LogP contribution < -0.4 is 4.90 Å². The summed E-state index contributed by atoms with van der Waals surface area (Å²) < 4.78 is 40.7. The van der Waals surface area contributed by atoms with Gasteiger partial charge in [-0.1, -0.05) is 12.1 Å². The van der Waals surface area contributed by atoms with E-state index in [0.717, 1.165) is 23.1 Å². The first-order chi connectivity index (χ1) is 12.4. The minimum absolute atomic E-state index is 0.130. The maximum atomic E-state index is 13.2. The van der Waals surface area contributed by atoms with Crippen molar-refractivity contribution < 1.29 is 22.8 Å². The Kier molecular flexibility index (Phi) is 3.39. The van der Waals surface area contributed by atoms with Gasteiger partial charge in [-0.3, -0.25) is 9.59 Å². The fraction of sp³-hybridized carbons (Fsp3) is 0.0588. The third-order valence-corrected chi connectivity index (χ3v) is 4.00. The first kappa shape index (κ1) is 16.0. The number of carbonyl (C=O) groups is 2. The highest BCUT2D eigenvalue weighted by Crippen LogP contribution is 2.37. The average molecular weight is 358 g/mol. The van der Waals surface area contributed by atoms with Gasteiger partial charge in [0.15, 0.2) is 0 Å². The van der Waals surface area contributed by atoms with E-state index in [0.29, 0.717) is 0 Å². The molecule has 2 heterocycles. The molecule has 130 valence electrons. The lowest BCUT2D eigenvalue weighted by molar-refractivity contribution is -0.137. The van der Waals surface area contributed by atoms with E-state index in [9.17, 15) is 22.8 Å². The van der Waals surface area contributed by atoms with Gasteiger partial charge in [0.1, 0.15) is 12.7 Å². The number of nitrogens with zero attached hydrogens (tertiary/aromatic N) is 4. The summed E-state index contributed by atoms with van der Waals surface area (Å²) in [5, 5.41) is 3.88. The van der Waals surface area contributed by atoms with E-state index in [1.54, 1.807) is 12.1 Å². The molecule has 2 aromatic carbocycles. The van der Waals surface area contributed by atoms with Gasteiger partial charge in [-0.15, -0.1) is 0 Å². The zero-order chi connectivity index (χ0) is 18.5. The van der Waals surface area contributed by atoms with Gasteiger partial charge >= 0.3 is 6.18 Å². The second kappa shape index (κ2) is 5.51. The molecule has 0 bridgehead atoms. The van der Waals surface area contributed by atoms with E-state index in [-0.39, 0.29) is 22.5 Å². The van der Waals surface area contributed by atoms with Crippen molar-refractivity contribution in [3.8, 4) is 5.69 Å². The van der Waals surface area contributed by atoms with Crippen molar-refractivity contribution in [2.75, 3.05) is 4.90 Å². The number of anilines is 1. The Hall–Kier alpha value is -3.49. The molecule has 1 aromatic heterocycles. The van der Waals surface area contributed by atoms with Crippen LogP contribution in [0.15, 0.2) is 55.1 Å². The standard InChI is InChI=1S/C17H9F3N4O2/c18-17(19,20)10-5-6-13(23-9-21-8-22-23)14(7-10)24-15(25)11-3-1-2-4-12(11)16(24)26/h1-9H. The lowest BCUT2D eigenvalue weighted by Gasteiger charge is -2.20. The van der Waals surface area contributed by atoms with Gasteiger partial charge in [-0.05, 0) is 30.3 Å². The van der Waals surface area contributed by atoms with Crippen molar-refractivity contribution in [1.29, 1.82) is 0 Å². The number of hydrogen-bond donors (Lipinski definition) is 0. The number of amides is 2. The number of aromatic nitrogens is 3. The summed E-state index contributed by atoms with van der Waals surface area (Å²) >= 11 is 0. The summed E-state index contributed by atoms with van der Waals surface area (Å²) in [4.78, 5) is 29.8. The van der Waals surface area contributed by atoms with Crippen molar-refractivity contribution in [3.05, 3.63) is 71.8 Å². The molecule has 4 rings (SSSR count). The highest BCUT2D eigenvalue weighted by Gasteiger charge is 2.39. The molecule has 0 saturated carbocycles. The predicted molar refractivity (Wildman–Crippen MR) is 83.9 cm³/mol. The van der Waals surface area contributed by atoms with Gasteiger partial charge < -0.3 is 0 Å². The van der Waals surface area contributed by atoms with E-state index in [1.165, 1.54) is 29.5 Å². The van der Waals surface area contributed by atoms with E-state index in [1.807, 2.05) is 0 Å². The Labute approximate surface area is 144 Å². The van der Waals surface area contributed by atoms with Crippen LogP contribution in [0.2, 0.25) is 0 Å². The van der Waals surface area contributed by atoms with Crippen molar-refractivity contribution in [3.63, 3.8) is 0 Å². The minimum atomic E-state index is -4.63. The molecule has 1 aliphatic rings. The zero-order valence-electron chi connectivity index (χ0n) is 12.9. The molecule has 0 fully saturated rings. The Bertz CT molecular complexity index is 994. The highest BCUT2D eigenvalue weighted by atomic mass is 19.4. The fourth-order valence-electron chi connectivity index (χ4n) is 2.81. The van der Waals surface area contributed by atoms with Crippen LogP contribution in [0.3, 0.4) is 0 Å². The molecule has 0 aliphatic carbocycles. The maximum absolute atomic E-state index is 13.2. The van der Waals surface area contributed by atoms with Crippen LogP contribution in [0, 0.1) is 0 Å². The third kappa shape index (κ3) is 2.36. The number of imide groups is 1. The molecule has 0 unspecified atom stereocenters. The quantitative estimate of drug-likeness (QED) is 0.660. The average Bonchev–Trinajstić information content (AvgIpc) is 3.22. The monoisotopic (exact) mass is 358 g/mol. The topological polar surface area (TPSA) is 68.1 Å². The molecule has 0 N–H and O–H groups in total. The number of benzene rings is 2. The Balaban J connectivity index is 1.93. The molecular weight excluding hydrogens is 349 g/mol. The number of carbonyl (C=O) groups excluding carboxylic acids is 2. The van der Waals surface area contributed by atoms with Crippen LogP contribution in [0.25, 0.3) is 5.69 Å². The zero-order valence-corrected chi connectivity index (χ0v) is 12.9. The second-order valence-electron chi connectivity index (χ2n) is 5.53. The second-order valence-corrected chi connectivity index (χ2v) is 5.53. The molecule has 0 atom stereocenters. The first-order valence-electron chi connectivity index (χ1n) is 7.42. The Morgan fingerprint density at radius 3 is 2.08 bits per heavy atom. The van der Waals surface area contributed by atoms with Crippen molar-refractivity contribution in [2.45, 2.75) is 6.18 Å². The highest BCUT2D eigenvalue weighted by molar-refractivity contribution is 6.35. The van der Waals surface area contributed by atoms with Crippen LogP contribution in [0.4, 0.5) is 18.9 Å². The van der Waals surface area contributed by atoms with Crippen molar-refractivity contribution >= 4 is 17.5 Å². The van der Waals surface area contributed by atoms with E-state index in [2.05, 4.69) is 10.1 Å². The largest absolute Gasteiger partial charge is 0.416 e. The number of fused-ring (bicyclic) bond motifs is 1. The first-order valence-corrected chi connectivity index (χ1v) is 7.42. The summed E-state index contributed by atoms with van der Waals surface area (Å²) in [7, 11) is 0. The van der Waals surface area contributed by atoms with E-state index < -0.39 is 23.6 Å².